The highest BCUT2D eigenvalue weighted by Gasteiger charge is 2.02. The Morgan fingerprint density at radius 1 is 1.24 bits per heavy atom. The Bertz CT molecular complexity index is 407. The van der Waals surface area contributed by atoms with E-state index in [1.165, 1.54) is 6.92 Å². The number of rotatable bonds is 5. The Labute approximate surface area is 105 Å². The third kappa shape index (κ3) is 5.40. The molecule has 4 nitrogen and oxygen atoms in total. The number of hydrogen-bond donors (Lipinski definition) is 2. The highest BCUT2D eigenvalue weighted by Crippen LogP contribution is 2.15. The van der Waals surface area contributed by atoms with E-state index in [0.717, 1.165) is 5.75 Å². The van der Waals surface area contributed by atoms with Crippen LogP contribution in [0.3, 0.4) is 0 Å². The molecular formula is C12H16N2O2S. The van der Waals surface area contributed by atoms with Gasteiger partial charge in [0.25, 0.3) is 0 Å². The largest absolute Gasteiger partial charge is 0.326 e. The SMILES string of the molecule is CSCCC(=O)Nc1cccc(NC(C)=O)c1. The maximum Gasteiger partial charge on any atom is 0.225 e. The van der Waals surface area contributed by atoms with Gasteiger partial charge in [-0.1, -0.05) is 6.07 Å². The van der Waals surface area contributed by atoms with Gasteiger partial charge in [0.2, 0.25) is 11.8 Å². The van der Waals surface area contributed by atoms with Gasteiger partial charge in [-0.3, -0.25) is 9.59 Å². The topological polar surface area (TPSA) is 58.2 Å². The zero-order valence-corrected chi connectivity index (χ0v) is 10.8. The zero-order chi connectivity index (χ0) is 12.7. The first-order valence-corrected chi connectivity index (χ1v) is 6.67. The van der Waals surface area contributed by atoms with Crippen LogP contribution >= 0.6 is 11.8 Å². The Kier molecular flexibility index (Phi) is 5.56. The van der Waals surface area contributed by atoms with Gasteiger partial charge in [-0.25, -0.2) is 0 Å². The van der Waals surface area contributed by atoms with E-state index in [9.17, 15) is 9.59 Å². The average molecular weight is 252 g/mol. The fourth-order valence-corrected chi connectivity index (χ4v) is 1.69. The van der Waals surface area contributed by atoms with Crippen molar-refractivity contribution in [2.24, 2.45) is 0 Å². The van der Waals surface area contributed by atoms with Crippen LogP contribution in [-0.4, -0.2) is 23.8 Å². The van der Waals surface area contributed by atoms with Gasteiger partial charge in [0.05, 0.1) is 0 Å². The van der Waals surface area contributed by atoms with Crippen molar-refractivity contribution in [3.8, 4) is 0 Å². The van der Waals surface area contributed by atoms with Crippen LogP contribution in [0.25, 0.3) is 0 Å². The molecule has 0 aliphatic rings. The van der Waals surface area contributed by atoms with Crippen molar-refractivity contribution in [3.05, 3.63) is 24.3 Å². The smallest absolute Gasteiger partial charge is 0.225 e. The zero-order valence-electron chi connectivity index (χ0n) is 9.95. The maximum atomic E-state index is 11.5. The van der Waals surface area contributed by atoms with Crippen molar-refractivity contribution < 1.29 is 9.59 Å². The molecule has 0 radical (unpaired) electrons. The standard InChI is InChI=1S/C12H16N2O2S/c1-9(15)13-10-4-3-5-11(8-10)14-12(16)6-7-17-2/h3-5,8H,6-7H2,1-2H3,(H,13,15)(H,14,16). The third-order valence-electron chi connectivity index (χ3n) is 2.00. The quantitative estimate of drug-likeness (QED) is 0.845. The normalized spacial score (nSPS) is 9.76. The predicted octanol–water partition coefficient (Wildman–Crippen LogP) is 2.34. The summed E-state index contributed by atoms with van der Waals surface area (Å²) in [6.07, 6.45) is 2.45. The summed E-state index contributed by atoms with van der Waals surface area (Å²) < 4.78 is 0. The molecule has 0 saturated carbocycles. The lowest BCUT2D eigenvalue weighted by Gasteiger charge is -2.07. The number of carbonyl (C=O) groups is 2. The molecule has 5 heteroatoms. The molecule has 0 aliphatic heterocycles. The first kappa shape index (κ1) is 13.6. The minimum atomic E-state index is -0.129. The molecule has 1 aromatic rings. The summed E-state index contributed by atoms with van der Waals surface area (Å²) in [6, 6.07) is 7.09. The molecule has 2 amide bonds. The highest BCUT2D eigenvalue weighted by molar-refractivity contribution is 7.98. The summed E-state index contributed by atoms with van der Waals surface area (Å²) in [6.45, 7) is 1.45. The lowest BCUT2D eigenvalue weighted by molar-refractivity contribution is -0.116. The first-order chi connectivity index (χ1) is 8.11. The molecular weight excluding hydrogens is 236 g/mol. The van der Waals surface area contributed by atoms with Gasteiger partial charge in [-0.2, -0.15) is 11.8 Å². The summed E-state index contributed by atoms with van der Waals surface area (Å²) in [7, 11) is 0. The summed E-state index contributed by atoms with van der Waals surface area (Å²) >= 11 is 1.63. The van der Waals surface area contributed by atoms with E-state index in [0.29, 0.717) is 17.8 Å². The van der Waals surface area contributed by atoms with Crippen molar-refractivity contribution in [1.29, 1.82) is 0 Å². The number of carbonyl (C=O) groups excluding carboxylic acids is 2. The van der Waals surface area contributed by atoms with E-state index in [4.69, 9.17) is 0 Å². The van der Waals surface area contributed by atoms with Gasteiger partial charge < -0.3 is 10.6 Å². The number of benzene rings is 1. The fourth-order valence-electron chi connectivity index (χ4n) is 1.30. The Morgan fingerprint density at radius 3 is 2.47 bits per heavy atom. The predicted molar refractivity (Wildman–Crippen MR) is 72.4 cm³/mol. The maximum absolute atomic E-state index is 11.5. The minimum absolute atomic E-state index is 0.0145. The van der Waals surface area contributed by atoms with Crippen LogP contribution in [0.5, 0.6) is 0 Å². The second kappa shape index (κ2) is 6.96. The van der Waals surface area contributed by atoms with E-state index in [1.54, 1.807) is 36.0 Å². The van der Waals surface area contributed by atoms with Crippen molar-refractivity contribution in [3.63, 3.8) is 0 Å². The highest BCUT2D eigenvalue weighted by atomic mass is 32.2. The minimum Gasteiger partial charge on any atom is -0.326 e. The number of hydrogen-bond acceptors (Lipinski definition) is 3. The Balaban J connectivity index is 2.59. The third-order valence-corrected chi connectivity index (χ3v) is 2.61. The molecule has 0 saturated heterocycles. The molecule has 2 N–H and O–H groups in total. The monoisotopic (exact) mass is 252 g/mol. The number of amides is 2. The lowest BCUT2D eigenvalue weighted by atomic mass is 10.2. The number of thioether (sulfide) groups is 1. The number of anilines is 2. The molecule has 0 heterocycles. The summed E-state index contributed by atoms with van der Waals surface area (Å²) in [5.41, 5.74) is 1.38. The Morgan fingerprint density at radius 2 is 1.88 bits per heavy atom. The van der Waals surface area contributed by atoms with Gasteiger partial charge in [-0.15, -0.1) is 0 Å². The summed E-state index contributed by atoms with van der Waals surface area (Å²) in [5.74, 6) is 0.659. The molecule has 1 aromatic carbocycles. The van der Waals surface area contributed by atoms with Crippen LogP contribution in [0.1, 0.15) is 13.3 Å². The van der Waals surface area contributed by atoms with E-state index in [2.05, 4.69) is 10.6 Å². The van der Waals surface area contributed by atoms with Crippen LogP contribution < -0.4 is 10.6 Å². The molecule has 0 aromatic heterocycles. The van der Waals surface area contributed by atoms with Crippen LogP contribution in [0.15, 0.2) is 24.3 Å². The molecule has 0 bridgehead atoms. The summed E-state index contributed by atoms with van der Waals surface area (Å²) in [4.78, 5) is 22.4. The second-order valence-electron chi connectivity index (χ2n) is 3.55. The Hall–Kier alpha value is -1.49. The first-order valence-electron chi connectivity index (χ1n) is 5.28. The molecule has 92 valence electrons. The number of nitrogens with one attached hydrogen (secondary N) is 2. The van der Waals surface area contributed by atoms with Gasteiger partial charge in [0.1, 0.15) is 0 Å². The van der Waals surface area contributed by atoms with Crippen LogP contribution in [0.2, 0.25) is 0 Å². The summed E-state index contributed by atoms with van der Waals surface area (Å²) in [5, 5.41) is 5.45. The van der Waals surface area contributed by atoms with Crippen molar-refractivity contribution >= 4 is 35.0 Å². The fraction of sp³-hybridized carbons (Fsp3) is 0.333. The lowest BCUT2D eigenvalue weighted by Crippen LogP contribution is -2.12. The van der Waals surface area contributed by atoms with Gasteiger partial charge in [-0.05, 0) is 24.5 Å². The molecule has 17 heavy (non-hydrogen) atoms. The van der Waals surface area contributed by atoms with Crippen molar-refractivity contribution in [2.45, 2.75) is 13.3 Å². The van der Waals surface area contributed by atoms with E-state index >= 15 is 0 Å². The van der Waals surface area contributed by atoms with Gasteiger partial charge >= 0.3 is 0 Å². The molecule has 0 spiro atoms. The van der Waals surface area contributed by atoms with Gasteiger partial charge in [0.15, 0.2) is 0 Å². The van der Waals surface area contributed by atoms with Crippen LogP contribution in [0, 0.1) is 0 Å². The molecule has 0 unspecified atom stereocenters. The molecule has 1 rings (SSSR count). The van der Waals surface area contributed by atoms with Crippen LogP contribution in [-0.2, 0) is 9.59 Å². The average Bonchev–Trinajstić information content (AvgIpc) is 2.26. The van der Waals surface area contributed by atoms with E-state index in [1.807, 2.05) is 6.26 Å². The second-order valence-corrected chi connectivity index (χ2v) is 4.54. The van der Waals surface area contributed by atoms with Crippen molar-refractivity contribution in [1.82, 2.24) is 0 Å². The molecule has 0 fully saturated rings. The van der Waals surface area contributed by atoms with E-state index in [-0.39, 0.29) is 11.8 Å². The van der Waals surface area contributed by atoms with Crippen LogP contribution in [0.4, 0.5) is 11.4 Å². The van der Waals surface area contributed by atoms with E-state index < -0.39 is 0 Å². The molecule has 0 aliphatic carbocycles. The molecule has 0 atom stereocenters. The van der Waals surface area contributed by atoms with Crippen molar-refractivity contribution in [2.75, 3.05) is 22.6 Å². The van der Waals surface area contributed by atoms with Gasteiger partial charge in [0, 0.05) is 30.5 Å².